The number of rotatable bonds is 5. The second kappa shape index (κ2) is 7.37. The van der Waals surface area contributed by atoms with E-state index in [1.54, 1.807) is 36.4 Å². The third kappa shape index (κ3) is 3.51. The van der Waals surface area contributed by atoms with Gasteiger partial charge >= 0.3 is 0 Å². The van der Waals surface area contributed by atoms with Gasteiger partial charge in [-0.1, -0.05) is 60.1 Å². The van der Waals surface area contributed by atoms with Crippen molar-refractivity contribution in [2.75, 3.05) is 0 Å². The van der Waals surface area contributed by atoms with Crippen molar-refractivity contribution in [2.45, 2.75) is 18.4 Å². The minimum Gasteiger partial charge on any atom is -0.481 e. The molecular formula is C23H17ClO3. The van der Waals surface area contributed by atoms with Crippen molar-refractivity contribution in [1.82, 2.24) is 0 Å². The first-order valence-corrected chi connectivity index (χ1v) is 9.15. The number of para-hydroxylation sites is 1. The number of carbonyl (C=O) groups is 2. The lowest BCUT2D eigenvalue weighted by atomic mass is 9.85. The SMILES string of the molecule is O=C(C[C@H]1c2ccccc2O[C@@H]1C(=O)c1ccccc1)c1ccc(Cl)cc1. The van der Waals surface area contributed by atoms with Crippen LogP contribution in [0.5, 0.6) is 5.75 Å². The molecule has 3 aromatic carbocycles. The monoisotopic (exact) mass is 376 g/mol. The van der Waals surface area contributed by atoms with Gasteiger partial charge in [-0.15, -0.1) is 0 Å². The molecule has 0 N–H and O–H groups in total. The van der Waals surface area contributed by atoms with E-state index in [9.17, 15) is 9.59 Å². The summed E-state index contributed by atoms with van der Waals surface area (Å²) in [7, 11) is 0. The highest BCUT2D eigenvalue weighted by Gasteiger charge is 2.40. The first kappa shape index (κ1) is 17.5. The summed E-state index contributed by atoms with van der Waals surface area (Å²) in [5, 5.41) is 0.582. The fourth-order valence-electron chi connectivity index (χ4n) is 3.45. The number of Topliss-reactive ketones (excluding diaryl/α,β-unsaturated/α-hetero) is 2. The summed E-state index contributed by atoms with van der Waals surface area (Å²) < 4.78 is 5.97. The van der Waals surface area contributed by atoms with Gasteiger partial charge in [0.1, 0.15) is 5.75 Å². The van der Waals surface area contributed by atoms with E-state index < -0.39 is 6.10 Å². The predicted octanol–water partition coefficient (Wildman–Crippen LogP) is 5.34. The van der Waals surface area contributed by atoms with Crippen LogP contribution in [0.15, 0.2) is 78.9 Å². The second-order valence-corrected chi connectivity index (χ2v) is 6.98. The molecule has 27 heavy (non-hydrogen) atoms. The summed E-state index contributed by atoms with van der Waals surface area (Å²) >= 11 is 5.91. The number of benzene rings is 3. The number of ketones is 2. The van der Waals surface area contributed by atoms with Crippen molar-refractivity contribution < 1.29 is 14.3 Å². The van der Waals surface area contributed by atoms with E-state index in [0.717, 1.165) is 5.56 Å². The van der Waals surface area contributed by atoms with Gasteiger partial charge in [-0.3, -0.25) is 9.59 Å². The van der Waals surface area contributed by atoms with Crippen LogP contribution >= 0.6 is 11.6 Å². The van der Waals surface area contributed by atoms with Crippen LogP contribution in [0.3, 0.4) is 0 Å². The number of hydrogen-bond acceptors (Lipinski definition) is 3. The van der Waals surface area contributed by atoms with Gasteiger partial charge in [0, 0.05) is 34.1 Å². The molecule has 0 aliphatic carbocycles. The predicted molar refractivity (Wildman–Crippen MR) is 105 cm³/mol. The van der Waals surface area contributed by atoms with E-state index in [1.807, 2.05) is 42.5 Å². The Morgan fingerprint density at radius 2 is 1.48 bits per heavy atom. The normalized spacial score (nSPS) is 17.8. The molecule has 134 valence electrons. The Hall–Kier alpha value is -2.91. The molecule has 0 spiro atoms. The Kier molecular flexibility index (Phi) is 4.78. The summed E-state index contributed by atoms with van der Waals surface area (Å²) in [6.07, 6.45) is -0.511. The lowest BCUT2D eigenvalue weighted by Gasteiger charge is -2.18. The highest BCUT2D eigenvalue weighted by Crippen LogP contribution is 2.41. The van der Waals surface area contributed by atoms with Gasteiger partial charge in [0.05, 0.1) is 0 Å². The zero-order valence-corrected chi connectivity index (χ0v) is 15.2. The van der Waals surface area contributed by atoms with Gasteiger partial charge in [-0.25, -0.2) is 0 Å². The fraction of sp³-hybridized carbons (Fsp3) is 0.130. The van der Waals surface area contributed by atoms with Crippen LogP contribution in [-0.4, -0.2) is 17.7 Å². The van der Waals surface area contributed by atoms with E-state index in [1.165, 1.54) is 0 Å². The fourth-order valence-corrected chi connectivity index (χ4v) is 3.58. The standard InChI is InChI=1S/C23H17ClO3/c24-17-12-10-15(11-13-17)20(25)14-19-18-8-4-5-9-21(18)27-23(19)22(26)16-6-2-1-3-7-16/h1-13,19,23H,14H2/t19-,23-/m0/s1. The summed E-state index contributed by atoms with van der Waals surface area (Å²) in [6.45, 7) is 0. The zero-order chi connectivity index (χ0) is 18.8. The van der Waals surface area contributed by atoms with E-state index >= 15 is 0 Å². The smallest absolute Gasteiger partial charge is 0.203 e. The number of ether oxygens (including phenoxy) is 1. The van der Waals surface area contributed by atoms with E-state index in [4.69, 9.17) is 16.3 Å². The molecule has 4 heteroatoms. The van der Waals surface area contributed by atoms with Crippen LogP contribution < -0.4 is 4.74 Å². The lowest BCUT2D eigenvalue weighted by molar-refractivity contribution is 0.0773. The van der Waals surface area contributed by atoms with Gasteiger partial charge in [0.2, 0.25) is 5.78 Å². The molecule has 4 rings (SSSR count). The van der Waals surface area contributed by atoms with Crippen molar-refractivity contribution in [3.63, 3.8) is 0 Å². The third-order valence-corrected chi connectivity index (χ3v) is 5.08. The molecule has 0 saturated heterocycles. The second-order valence-electron chi connectivity index (χ2n) is 6.55. The largest absolute Gasteiger partial charge is 0.481 e. The highest BCUT2D eigenvalue weighted by molar-refractivity contribution is 6.30. The van der Waals surface area contributed by atoms with Crippen molar-refractivity contribution in [3.05, 3.63) is 101 Å². The number of carbonyl (C=O) groups excluding carboxylic acids is 2. The van der Waals surface area contributed by atoms with Gasteiger partial charge in [-0.05, 0) is 30.3 Å². The molecule has 0 amide bonds. The molecule has 2 atom stereocenters. The molecular weight excluding hydrogens is 360 g/mol. The molecule has 1 aliphatic rings. The van der Waals surface area contributed by atoms with Gasteiger partial charge < -0.3 is 4.74 Å². The van der Waals surface area contributed by atoms with Crippen molar-refractivity contribution in [1.29, 1.82) is 0 Å². The van der Waals surface area contributed by atoms with Crippen LogP contribution in [-0.2, 0) is 0 Å². The Balaban J connectivity index is 1.64. The Bertz CT molecular complexity index is 980. The third-order valence-electron chi connectivity index (χ3n) is 4.83. The van der Waals surface area contributed by atoms with Crippen LogP contribution in [0.2, 0.25) is 5.02 Å². The maximum atomic E-state index is 13.0. The molecule has 0 radical (unpaired) electrons. The molecule has 3 nitrogen and oxygen atoms in total. The Labute approximate surface area is 162 Å². The average Bonchev–Trinajstić information content (AvgIpc) is 3.07. The minimum absolute atomic E-state index is 0.0390. The zero-order valence-electron chi connectivity index (χ0n) is 14.5. The quantitative estimate of drug-likeness (QED) is 0.564. The maximum absolute atomic E-state index is 13.0. The summed E-state index contributed by atoms with van der Waals surface area (Å²) in [6, 6.07) is 23.4. The summed E-state index contributed by atoms with van der Waals surface area (Å²) in [4.78, 5) is 25.9. The number of halogens is 1. The molecule has 1 heterocycles. The maximum Gasteiger partial charge on any atom is 0.203 e. The van der Waals surface area contributed by atoms with E-state index in [2.05, 4.69) is 0 Å². The lowest BCUT2D eigenvalue weighted by Crippen LogP contribution is -2.30. The minimum atomic E-state index is -0.707. The molecule has 0 fully saturated rings. The van der Waals surface area contributed by atoms with Crippen molar-refractivity contribution >= 4 is 23.2 Å². The summed E-state index contributed by atoms with van der Waals surface area (Å²) in [5.41, 5.74) is 2.06. The van der Waals surface area contributed by atoms with E-state index in [0.29, 0.717) is 21.9 Å². The van der Waals surface area contributed by atoms with Crippen molar-refractivity contribution in [3.8, 4) is 5.75 Å². The topological polar surface area (TPSA) is 43.4 Å². The first-order valence-electron chi connectivity index (χ1n) is 8.77. The first-order chi connectivity index (χ1) is 13.1. The number of fused-ring (bicyclic) bond motifs is 1. The van der Waals surface area contributed by atoms with E-state index in [-0.39, 0.29) is 23.9 Å². The average molecular weight is 377 g/mol. The van der Waals surface area contributed by atoms with Gasteiger partial charge in [0.15, 0.2) is 11.9 Å². The Morgan fingerprint density at radius 3 is 2.22 bits per heavy atom. The van der Waals surface area contributed by atoms with Gasteiger partial charge in [0.25, 0.3) is 0 Å². The molecule has 0 unspecified atom stereocenters. The van der Waals surface area contributed by atoms with Crippen LogP contribution in [0.25, 0.3) is 0 Å². The van der Waals surface area contributed by atoms with Crippen LogP contribution in [0.4, 0.5) is 0 Å². The molecule has 3 aromatic rings. The summed E-state index contributed by atoms with van der Waals surface area (Å²) in [5.74, 6) is 0.196. The molecule has 1 aliphatic heterocycles. The van der Waals surface area contributed by atoms with Crippen LogP contribution in [0.1, 0.15) is 38.6 Å². The van der Waals surface area contributed by atoms with Crippen LogP contribution in [0, 0.1) is 0 Å². The molecule has 0 bridgehead atoms. The number of hydrogen-bond donors (Lipinski definition) is 0. The molecule has 0 saturated carbocycles. The highest BCUT2D eigenvalue weighted by atomic mass is 35.5. The van der Waals surface area contributed by atoms with Crippen molar-refractivity contribution in [2.24, 2.45) is 0 Å². The Morgan fingerprint density at radius 1 is 0.815 bits per heavy atom. The van der Waals surface area contributed by atoms with Gasteiger partial charge in [-0.2, -0.15) is 0 Å². The molecule has 0 aromatic heterocycles.